The van der Waals surface area contributed by atoms with Gasteiger partial charge in [-0.25, -0.2) is 0 Å². The highest BCUT2D eigenvalue weighted by molar-refractivity contribution is 5.72. The minimum absolute atomic E-state index is 0.164. The molecule has 0 aliphatic heterocycles. The van der Waals surface area contributed by atoms with Gasteiger partial charge in [0.2, 0.25) is 0 Å². The molecule has 2 N–H and O–H groups in total. The van der Waals surface area contributed by atoms with Crippen molar-refractivity contribution in [1.82, 2.24) is 0 Å². The molecule has 0 saturated carbocycles. The van der Waals surface area contributed by atoms with Gasteiger partial charge in [-0.15, -0.1) is 0 Å². The highest BCUT2D eigenvalue weighted by atomic mass is 16.5. The average molecular weight is 269 g/mol. The number of ether oxygens (including phenoxy) is 2. The van der Waals surface area contributed by atoms with E-state index >= 15 is 0 Å². The van der Waals surface area contributed by atoms with Crippen molar-refractivity contribution in [2.45, 2.75) is 18.9 Å². The second-order valence-electron chi connectivity index (χ2n) is 5.12. The maximum atomic E-state index is 6.16. The first kappa shape index (κ1) is 13.0. The van der Waals surface area contributed by atoms with Gasteiger partial charge < -0.3 is 15.2 Å². The van der Waals surface area contributed by atoms with Crippen molar-refractivity contribution in [3.05, 3.63) is 47.5 Å². The molecule has 0 fully saturated rings. The fraction of sp³-hybridized carbons (Fsp3) is 0.294. The van der Waals surface area contributed by atoms with Crippen LogP contribution in [0.15, 0.2) is 36.4 Å². The number of benzene rings is 2. The molecule has 0 spiro atoms. The van der Waals surface area contributed by atoms with Gasteiger partial charge in [-0.3, -0.25) is 0 Å². The van der Waals surface area contributed by atoms with E-state index in [-0.39, 0.29) is 6.04 Å². The number of fused-ring (bicyclic) bond motifs is 1. The van der Waals surface area contributed by atoms with Crippen LogP contribution in [0, 0.1) is 0 Å². The van der Waals surface area contributed by atoms with Crippen molar-refractivity contribution in [3.8, 4) is 22.6 Å². The lowest BCUT2D eigenvalue weighted by Crippen LogP contribution is -2.04. The second-order valence-corrected chi connectivity index (χ2v) is 5.12. The van der Waals surface area contributed by atoms with Crippen LogP contribution in [0.3, 0.4) is 0 Å². The SMILES string of the molecule is COc1cc(OC)cc(-c2cccc3c2CCC3N)c1. The Balaban J connectivity index is 2.14. The molecule has 3 nitrogen and oxygen atoms in total. The molecule has 1 aliphatic rings. The van der Waals surface area contributed by atoms with E-state index in [2.05, 4.69) is 18.2 Å². The van der Waals surface area contributed by atoms with Gasteiger partial charge >= 0.3 is 0 Å². The fourth-order valence-corrected chi connectivity index (χ4v) is 2.92. The Kier molecular flexibility index (Phi) is 3.36. The van der Waals surface area contributed by atoms with Crippen molar-refractivity contribution in [2.75, 3.05) is 14.2 Å². The molecule has 1 aliphatic carbocycles. The van der Waals surface area contributed by atoms with Gasteiger partial charge in [0.1, 0.15) is 11.5 Å². The first-order valence-corrected chi connectivity index (χ1v) is 6.83. The molecule has 1 atom stereocenters. The summed E-state index contributed by atoms with van der Waals surface area (Å²) in [6.07, 6.45) is 2.06. The number of rotatable bonds is 3. The minimum atomic E-state index is 0.164. The van der Waals surface area contributed by atoms with Crippen molar-refractivity contribution in [1.29, 1.82) is 0 Å². The van der Waals surface area contributed by atoms with Gasteiger partial charge in [-0.05, 0) is 47.2 Å². The molecule has 2 aromatic rings. The van der Waals surface area contributed by atoms with Gasteiger partial charge in [-0.2, -0.15) is 0 Å². The third-order valence-corrected chi connectivity index (χ3v) is 3.98. The summed E-state index contributed by atoms with van der Waals surface area (Å²) in [5, 5.41) is 0. The Morgan fingerprint density at radius 2 is 1.75 bits per heavy atom. The van der Waals surface area contributed by atoms with E-state index in [1.807, 2.05) is 18.2 Å². The summed E-state index contributed by atoms with van der Waals surface area (Å²) < 4.78 is 10.7. The Bertz CT molecular complexity index is 615. The maximum absolute atomic E-state index is 6.16. The van der Waals surface area contributed by atoms with E-state index in [0.717, 1.165) is 29.9 Å². The fourth-order valence-electron chi connectivity index (χ4n) is 2.92. The minimum Gasteiger partial charge on any atom is -0.497 e. The molecular formula is C17H19NO2. The zero-order valence-corrected chi connectivity index (χ0v) is 11.8. The van der Waals surface area contributed by atoms with Gasteiger partial charge in [0.05, 0.1) is 14.2 Å². The molecule has 3 rings (SSSR count). The van der Waals surface area contributed by atoms with Crippen molar-refractivity contribution in [3.63, 3.8) is 0 Å². The van der Waals surface area contributed by atoms with Crippen LogP contribution in [0.4, 0.5) is 0 Å². The Morgan fingerprint density at radius 1 is 1.05 bits per heavy atom. The molecule has 0 bridgehead atoms. The third kappa shape index (κ3) is 2.14. The lowest BCUT2D eigenvalue weighted by Gasteiger charge is -2.12. The standard InChI is InChI=1S/C17H19NO2/c1-19-12-8-11(9-13(10-12)20-2)14-4-3-5-16-15(14)6-7-17(16)18/h3-5,8-10,17H,6-7,18H2,1-2H3. The van der Waals surface area contributed by atoms with Crippen LogP contribution in [0.25, 0.3) is 11.1 Å². The first-order valence-electron chi connectivity index (χ1n) is 6.83. The molecule has 0 amide bonds. The van der Waals surface area contributed by atoms with Crippen LogP contribution in [-0.4, -0.2) is 14.2 Å². The van der Waals surface area contributed by atoms with Crippen LogP contribution >= 0.6 is 0 Å². The molecule has 1 unspecified atom stereocenters. The Labute approximate surface area is 119 Å². The summed E-state index contributed by atoms with van der Waals surface area (Å²) in [5.74, 6) is 1.61. The van der Waals surface area contributed by atoms with Crippen LogP contribution in [0.5, 0.6) is 11.5 Å². The predicted octanol–water partition coefficient (Wildman–Crippen LogP) is 3.32. The van der Waals surface area contributed by atoms with E-state index in [1.54, 1.807) is 14.2 Å². The smallest absolute Gasteiger partial charge is 0.123 e. The molecular weight excluding hydrogens is 250 g/mol. The van der Waals surface area contributed by atoms with E-state index < -0.39 is 0 Å². The van der Waals surface area contributed by atoms with Crippen molar-refractivity contribution in [2.24, 2.45) is 5.73 Å². The molecule has 104 valence electrons. The average Bonchev–Trinajstić information content (AvgIpc) is 2.88. The maximum Gasteiger partial charge on any atom is 0.123 e. The summed E-state index contributed by atoms with van der Waals surface area (Å²) in [7, 11) is 3.34. The second kappa shape index (κ2) is 5.17. The molecule has 2 aromatic carbocycles. The van der Waals surface area contributed by atoms with Gasteiger partial charge in [-0.1, -0.05) is 18.2 Å². The van der Waals surface area contributed by atoms with Gasteiger partial charge in [0.15, 0.2) is 0 Å². The van der Waals surface area contributed by atoms with Gasteiger partial charge in [0, 0.05) is 12.1 Å². The summed E-state index contributed by atoms with van der Waals surface area (Å²) >= 11 is 0. The van der Waals surface area contributed by atoms with Gasteiger partial charge in [0.25, 0.3) is 0 Å². The summed E-state index contributed by atoms with van der Waals surface area (Å²) in [6, 6.07) is 12.5. The van der Waals surface area contributed by atoms with Crippen LogP contribution in [-0.2, 0) is 6.42 Å². The molecule has 0 radical (unpaired) electrons. The van der Waals surface area contributed by atoms with Crippen LogP contribution in [0.2, 0.25) is 0 Å². The monoisotopic (exact) mass is 269 g/mol. The Morgan fingerprint density at radius 3 is 2.40 bits per heavy atom. The molecule has 0 saturated heterocycles. The quantitative estimate of drug-likeness (QED) is 0.929. The molecule has 0 heterocycles. The zero-order valence-electron chi connectivity index (χ0n) is 11.8. The largest absolute Gasteiger partial charge is 0.497 e. The topological polar surface area (TPSA) is 44.5 Å². The van der Waals surface area contributed by atoms with Crippen molar-refractivity contribution < 1.29 is 9.47 Å². The first-order chi connectivity index (χ1) is 9.72. The van der Waals surface area contributed by atoms with Crippen LogP contribution < -0.4 is 15.2 Å². The summed E-state index contributed by atoms with van der Waals surface area (Å²) in [6.45, 7) is 0. The predicted molar refractivity (Wildman–Crippen MR) is 80.2 cm³/mol. The molecule has 20 heavy (non-hydrogen) atoms. The Hall–Kier alpha value is -2.00. The molecule has 3 heteroatoms. The number of hydrogen-bond acceptors (Lipinski definition) is 3. The number of nitrogens with two attached hydrogens (primary N) is 1. The lowest BCUT2D eigenvalue weighted by molar-refractivity contribution is 0.394. The van der Waals surface area contributed by atoms with E-state index in [4.69, 9.17) is 15.2 Å². The number of methoxy groups -OCH3 is 2. The highest BCUT2D eigenvalue weighted by Crippen LogP contribution is 2.38. The third-order valence-electron chi connectivity index (χ3n) is 3.98. The normalized spacial score (nSPS) is 16.9. The lowest BCUT2D eigenvalue weighted by atomic mass is 9.96. The van der Waals surface area contributed by atoms with E-state index in [1.165, 1.54) is 16.7 Å². The summed E-state index contributed by atoms with van der Waals surface area (Å²) in [4.78, 5) is 0. The zero-order chi connectivity index (χ0) is 14.1. The van der Waals surface area contributed by atoms with E-state index in [9.17, 15) is 0 Å². The highest BCUT2D eigenvalue weighted by Gasteiger charge is 2.22. The van der Waals surface area contributed by atoms with Crippen molar-refractivity contribution >= 4 is 0 Å². The number of hydrogen-bond donors (Lipinski definition) is 1. The van der Waals surface area contributed by atoms with Crippen LogP contribution in [0.1, 0.15) is 23.6 Å². The molecule has 0 aromatic heterocycles. The summed E-state index contributed by atoms with van der Waals surface area (Å²) in [5.41, 5.74) is 11.1. The van der Waals surface area contributed by atoms with E-state index in [0.29, 0.717) is 0 Å².